The molecular weight excluding hydrogens is 308 g/mol. The Balaban J connectivity index is 1.79. The summed E-state index contributed by atoms with van der Waals surface area (Å²) in [5.41, 5.74) is 1.94. The van der Waals surface area contributed by atoms with Gasteiger partial charge in [-0.1, -0.05) is 26.0 Å². The first-order chi connectivity index (χ1) is 11.5. The van der Waals surface area contributed by atoms with Crippen molar-refractivity contribution in [2.24, 2.45) is 11.8 Å². The van der Waals surface area contributed by atoms with Crippen LogP contribution in [0.3, 0.4) is 0 Å². The van der Waals surface area contributed by atoms with Crippen molar-refractivity contribution in [3.05, 3.63) is 36.2 Å². The van der Waals surface area contributed by atoms with Crippen LogP contribution in [-0.4, -0.2) is 22.0 Å². The molecule has 1 aliphatic rings. The van der Waals surface area contributed by atoms with Crippen molar-refractivity contribution in [3.8, 4) is 0 Å². The lowest BCUT2D eigenvalue weighted by molar-refractivity contribution is -0.146. The highest BCUT2D eigenvalue weighted by molar-refractivity contribution is 5.96. The Morgan fingerprint density at radius 1 is 1.25 bits per heavy atom. The highest BCUT2D eigenvalue weighted by atomic mass is 16.4. The van der Waals surface area contributed by atoms with E-state index in [1.54, 1.807) is 18.2 Å². The monoisotopic (exact) mass is 328 g/mol. The first kappa shape index (κ1) is 16.2. The van der Waals surface area contributed by atoms with Gasteiger partial charge in [-0.2, -0.15) is 0 Å². The molecule has 0 saturated heterocycles. The molecule has 2 N–H and O–H groups in total. The van der Waals surface area contributed by atoms with Gasteiger partial charge in [-0.25, -0.2) is 4.98 Å². The zero-order chi connectivity index (χ0) is 17.3. The Labute approximate surface area is 139 Å². The lowest BCUT2D eigenvalue weighted by Gasteiger charge is -2.24. The maximum absolute atomic E-state index is 12.5. The molecule has 1 aliphatic carbocycles. The van der Waals surface area contributed by atoms with Gasteiger partial charge in [0.25, 0.3) is 0 Å². The standard InChI is InChI=1S/C18H20N2O4/c1-10(2)17-20-14-9-11(7-8-15(14)24-17)19-16(21)12-5-3-4-6-13(12)18(22)23/h3-4,7-10,12-13H,5-6H2,1-2H3,(H,19,21)(H,22,23). The summed E-state index contributed by atoms with van der Waals surface area (Å²) >= 11 is 0. The summed E-state index contributed by atoms with van der Waals surface area (Å²) in [6, 6.07) is 5.25. The molecule has 3 rings (SSSR count). The fraction of sp³-hybridized carbons (Fsp3) is 0.389. The van der Waals surface area contributed by atoms with E-state index in [2.05, 4.69) is 10.3 Å². The molecule has 0 bridgehead atoms. The lowest BCUT2D eigenvalue weighted by atomic mass is 9.82. The van der Waals surface area contributed by atoms with Crippen LogP contribution >= 0.6 is 0 Å². The Bertz CT molecular complexity index is 806. The van der Waals surface area contributed by atoms with Crippen molar-refractivity contribution in [2.45, 2.75) is 32.6 Å². The van der Waals surface area contributed by atoms with Crippen LogP contribution in [0.25, 0.3) is 11.1 Å². The SMILES string of the molecule is CC(C)c1nc2cc(NC(=O)C3CC=CCC3C(=O)O)ccc2o1. The third kappa shape index (κ3) is 3.18. The minimum Gasteiger partial charge on any atom is -0.481 e. The van der Waals surface area contributed by atoms with E-state index in [4.69, 9.17) is 4.42 Å². The number of anilines is 1. The van der Waals surface area contributed by atoms with E-state index in [0.717, 1.165) is 0 Å². The minimum atomic E-state index is -0.937. The maximum atomic E-state index is 12.5. The predicted molar refractivity (Wildman–Crippen MR) is 89.7 cm³/mol. The van der Waals surface area contributed by atoms with Crippen LogP contribution in [0.5, 0.6) is 0 Å². The summed E-state index contributed by atoms with van der Waals surface area (Å²) in [6.07, 6.45) is 4.50. The number of rotatable bonds is 4. The molecule has 24 heavy (non-hydrogen) atoms. The number of carbonyl (C=O) groups is 2. The number of carboxylic acid groups (broad SMARTS) is 1. The second kappa shape index (κ2) is 6.47. The quantitative estimate of drug-likeness (QED) is 0.837. The molecule has 1 aromatic carbocycles. The van der Waals surface area contributed by atoms with Gasteiger partial charge in [-0.3, -0.25) is 9.59 Å². The summed E-state index contributed by atoms with van der Waals surface area (Å²) in [6.45, 7) is 3.99. The minimum absolute atomic E-state index is 0.181. The van der Waals surface area contributed by atoms with Crippen molar-refractivity contribution in [2.75, 3.05) is 5.32 Å². The molecule has 1 aromatic heterocycles. The summed E-state index contributed by atoms with van der Waals surface area (Å²) in [7, 11) is 0. The smallest absolute Gasteiger partial charge is 0.307 e. The average molecular weight is 328 g/mol. The van der Waals surface area contributed by atoms with Crippen LogP contribution in [0, 0.1) is 11.8 Å². The number of aliphatic carboxylic acids is 1. The lowest BCUT2D eigenvalue weighted by Crippen LogP contribution is -2.34. The number of nitrogens with zero attached hydrogens (tertiary/aromatic N) is 1. The van der Waals surface area contributed by atoms with Crippen LogP contribution in [-0.2, 0) is 9.59 Å². The fourth-order valence-corrected chi connectivity index (χ4v) is 2.88. The molecule has 6 heteroatoms. The van der Waals surface area contributed by atoms with Gasteiger partial charge in [0.2, 0.25) is 5.91 Å². The molecule has 2 unspecified atom stereocenters. The Morgan fingerprint density at radius 2 is 1.96 bits per heavy atom. The van der Waals surface area contributed by atoms with E-state index in [0.29, 0.717) is 35.5 Å². The zero-order valence-corrected chi connectivity index (χ0v) is 13.7. The molecular formula is C18H20N2O4. The van der Waals surface area contributed by atoms with E-state index >= 15 is 0 Å². The molecule has 0 saturated carbocycles. The molecule has 2 atom stereocenters. The highest BCUT2D eigenvalue weighted by Gasteiger charge is 2.34. The van der Waals surface area contributed by atoms with Gasteiger partial charge in [0.15, 0.2) is 11.5 Å². The largest absolute Gasteiger partial charge is 0.481 e. The van der Waals surface area contributed by atoms with Gasteiger partial charge < -0.3 is 14.8 Å². The van der Waals surface area contributed by atoms with Crippen LogP contribution < -0.4 is 5.32 Å². The Kier molecular flexibility index (Phi) is 4.38. The molecule has 0 radical (unpaired) electrons. The molecule has 1 heterocycles. The molecule has 2 aromatic rings. The third-order valence-electron chi connectivity index (χ3n) is 4.25. The number of fused-ring (bicyclic) bond motifs is 1. The summed E-state index contributed by atoms with van der Waals surface area (Å²) < 4.78 is 5.64. The molecule has 0 aliphatic heterocycles. The second-order valence-electron chi connectivity index (χ2n) is 6.37. The van der Waals surface area contributed by atoms with Crippen molar-refractivity contribution in [1.82, 2.24) is 4.98 Å². The predicted octanol–water partition coefficient (Wildman–Crippen LogP) is 3.56. The van der Waals surface area contributed by atoms with Gasteiger partial charge >= 0.3 is 5.97 Å². The van der Waals surface area contributed by atoms with Gasteiger partial charge in [-0.15, -0.1) is 0 Å². The average Bonchev–Trinajstić information content (AvgIpc) is 2.98. The van der Waals surface area contributed by atoms with E-state index < -0.39 is 17.8 Å². The second-order valence-corrected chi connectivity index (χ2v) is 6.37. The number of benzene rings is 1. The molecule has 1 amide bonds. The first-order valence-electron chi connectivity index (χ1n) is 8.05. The molecule has 126 valence electrons. The fourth-order valence-electron chi connectivity index (χ4n) is 2.88. The van der Waals surface area contributed by atoms with E-state index in [-0.39, 0.29) is 11.8 Å². The molecule has 6 nitrogen and oxygen atoms in total. The Hall–Kier alpha value is -2.63. The van der Waals surface area contributed by atoms with Crippen LogP contribution in [0.4, 0.5) is 5.69 Å². The Morgan fingerprint density at radius 3 is 2.62 bits per heavy atom. The summed E-state index contributed by atoms with van der Waals surface area (Å²) in [4.78, 5) is 28.2. The van der Waals surface area contributed by atoms with Crippen LogP contribution in [0.2, 0.25) is 0 Å². The number of nitrogens with one attached hydrogen (secondary N) is 1. The van der Waals surface area contributed by atoms with Crippen molar-refractivity contribution in [3.63, 3.8) is 0 Å². The van der Waals surface area contributed by atoms with Crippen molar-refractivity contribution >= 4 is 28.7 Å². The van der Waals surface area contributed by atoms with Crippen molar-refractivity contribution < 1.29 is 19.1 Å². The number of hydrogen-bond acceptors (Lipinski definition) is 4. The third-order valence-corrected chi connectivity index (χ3v) is 4.25. The van der Waals surface area contributed by atoms with Crippen LogP contribution in [0.15, 0.2) is 34.8 Å². The number of amides is 1. The topological polar surface area (TPSA) is 92.4 Å². The number of aromatic nitrogens is 1. The maximum Gasteiger partial charge on any atom is 0.307 e. The molecule has 0 fully saturated rings. The summed E-state index contributed by atoms with van der Waals surface area (Å²) in [5, 5.41) is 12.1. The van der Waals surface area contributed by atoms with E-state index in [9.17, 15) is 14.7 Å². The van der Waals surface area contributed by atoms with Gasteiger partial charge in [0.05, 0.1) is 11.8 Å². The number of hydrogen-bond donors (Lipinski definition) is 2. The van der Waals surface area contributed by atoms with Gasteiger partial charge in [-0.05, 0) is 31.0 Å². The highest BCUT2D eigenvalue weighted by Crippen LogP contribution is 2.28. The van der Waals surface area contributed by atoms with Gasteiger partial charge in [0, 0.05) is 11.6 Å². The zero-order valence-electron chi connectivity index (χ0n) is 13.7. The number of carbonyl (C=O) groups excluding carboxylic acids is 1. The van der Waals surface area contributed by atoms with Crippen molar-refractivity contribution in [1.29, 1.82) is 0 Å². The normalized spacial score (nSPS) is 20.5. The summed E-state index contributed by atoms with van der Waals surface area (Å²) in [5.74, 6) is -1.63. The van der Waals surface area contributed by atoms with Crippen LogP contribution in [0.1, 0.15) is 38.5 Å². The first-order valence-corrected chi connectivity index (χ1v) is 8.05. The number of allylic oxidation sites excluding steroid dienone is 2. The van der Waals surface area contributed by atoms with E-state index in [1.807, 2.05) is 26.0 Å². The van der Waals surface area contributed by atoms with E-state index in [1.165, 1.54) is 0 Å². The number of oxazole rings is 1. The van der Waals surface area contributed by atoms with Gasteiger partial charge in [0.1, 0.15) is 5.52 Å². The number of carboxylic acids is 1. The molecule has 0 spiro atoms.